The molecule has 1 aliphatic carbocycles. The fourth-order valence-corrected chi connectivity index (χ4v) is 5.67. The monoisotopic (exact) mass is 537 g/mol. The molecular weight excluding hydrogens is 510 g/mol. The second-order valence-electron chi connectivity index (χ2n) is 8.50. The number of hydrogen-bond donors (Lipinski definition) is 3. The predicted octanol–water partition coefficient (Wildman–Crippen LogP) is 5.54. The van der Waals surface area contributed by atoms with Gasteiger partial charge < -0.3 is 20.5 Å². The molecule has 0 saturated carbocycles. The average Bonchev–Trinajstić information content (AvgIpc) is 3.37. The van der Waals surface area contributed by atoms with Crippen molar-refractivity contribution in [3.05, 3.63) is 66.1 Å². The first kappa shape index (κ1) is 26.4. The fraction of sp³-hybridized carbons (Fsp3) is 0.259. The van der Waals surface area contributed by atoms with Crippen LogP contribution in [0.25, 0.3) is 11.3 Å². The van der Waals surface area contributed by atoms with Crippen molar-refractivity contribution < 1.29 is 24.2 Å². The number of thioether (sulfide) groups is 1. The lowest BCUT2D eigenvalue weighted by atomic mass is 9.82. The molecule has 8 nitrogen and oxygen atoms in total. The third-order valence-electron chi connectivity index (χ3n) is 5.99. The first-order chi connectivity index (χ1) is 17.9. The second-order valence-corrected chi connectivity index (χ2v) is 10.8. The van der Waals surface area contributed by atoms with Gasteiger partial charge in [0.1, 0.15) is 5.75 Å². The molecule has 0 radical (unpaired) electrons. The number of para-hydroxylation sites is 1. The SMILES string of the molecule is COc1ccccc1-c1csc(NC(=O)C(C)Sc2cccc(NC(=O)C3CC=CCC3C(=O)O)c2)n1. The zero-order valence-electron chi connectivity index (χ0n) is 20.3. The Labute approximate surface area is 223 Å². The average molecular weight is 538 g/mol. The van der Waals surface area contributed by atoms with Crippen LogP contribution in [-0.4, -0.2) is 40.2 Å². The number of carboxylic acid groups (broad SMARTS) is 1. The minimum Gasteiger partial charge on any atom is -0.496 e. The van der Waals surface area contributed by atoms with Gasteiger partial charge in [-0.2, -0.15) is 0 Å². The molecule has 4 rings (SSSR count). The van der Waals surface area contributed by atoms with Crippen LogP contribution < -0.4 is 15.4 Å². The van der Waals surface area contributed by atoms with Crippen molar-refractivity contribution in [2.45, 2.75) is 29.9 Å². The fourth-order valence-electron chi connectivity index (χ4n) is 4.03. The summed E-state index contributed by atoms with van der Waals surface area (Å²) in [6.45, 7) is 1.80. The second kappa shape index (κ2) is 12.1. The van der Waals surface area contributed by atoms with E-state index in [9.17, 15) is 19.5 Å². The van der Waals surface area contributed by atoms with Gasteiger partial charge in [-0.05, 0) is 50.1 Å². The lowest BCUT2D eigenvalue weighted by Gasteiger charge is -2.24. The Kier molecular flexibility index (Phi) is 8.62. The molecule has 2 aromatic carbocycles. The summed E-state index contributed by atoms with van der Waals surface area (Å²) in [5.41, 5.74) is 2.13. The van der Waals surface area contributed by atoms with Gasteiger partial charge in [0, 0.05) is 21.5 Å². The molecule has 1 aliphatic rings. The van der Waals surface area contributed by atoms with Gasteiger partial charge in [-0.3, -0.25) is 14.4 Å². The number of rotatable bonds is 9. The molecule has 0 aliphatic heterocycles. The van der Waals surface area contributed by atoms with Gasteiger partial charge in [-0.1, -0.05) is 30.4 Å². The molecule has 0 spiro atoms. The summed E-state index contributed by atoms with van der Waals surface area (Å²) in [4.78, 5) is 42.5. The first-order valence-corrected chi connectivity index (χ1v) is 13.5. The van der Waals surface area contributed by atoms with Crippen LogP contribution in [0.5, 0.6) is 5.75 Å². The third kappa shape index (κ3) is 6.58. The van der Waals surface area contributed by atoms with E-state index in [-0.39, 0.29) is 11.8 Å². The largest absolute Gasteiger partial charge is 0.496 e. The molecular formula is C27H27N3O5S2. The summed E-state index contributed by atoms with van der Waals surface area (Å²) < 4.78 is 5.40. The highest BCUT2D eigenvalue weighted by molar-refractivity contribution is 8.00. The number of carbonyl (C=O) groups excluding carboxylic acids is 2. The van der Waals surface area contributed by atoms with E-state index >= 15 is 0 Å². The van der Waals surface area contributed by atoms with Crippen LogP contribution >= 0.6 is 23.1 Å². The van der Waals surface area contributed by atoms with E-state index in [4.69, 9.17) is 4.74 Å². The molecule has 37 heavy (non-hydrogen) atoms. The highest BCUT2D eigenvalue weighted by Crippen LogP contribution is 2.33. The number of benzene rings is 2. The standard InChI is InChI=1S/C27H27N3O5S2/c1-16(24(31)30-27-29-22(15-36-27)21-12-5-6-13-23(21)35-2)37-18-9-7-8-17(14-18)28-25(32)19-10-3-4-11-20(19)26(33)34/h3-9,12-16,19-20H,10-11H2,1-2H3,(H,28,32)(H,33,34)(H,29,30,31). The minimum absolute atomic E-state index is 0.196. The van der Waals surface area contributed by atoms with Crippen LogP contribution in [-0.2, 0) is 14.4 Å². The highest BCUT2D eigenvalue weighted by atomic mass is 32.2. The number of nitrogens with one attached hydrogen (secondary N) is 2. The molecule has 3 N–H and O–H groups in total. The van der Waals surface area contributed by atoms with Crippen molar-refractivity contribution >= 4 is 51.7 Å². The van der Waals surface area contributed by atoms with Crippen molar-refractivity contribution in [1.29, 1.82) is 0 Å². The van der Waals surface area contributed by atoms with Crippen LogP contribution in [0.2, 0.25) is 0 Å². The number of carboxylic acids is 1. The normalized spacial score (nSPS) is 17.6. The Morgan fingerprint density at radius 1 is 1.08 bits per heavy atom. The smallest absolute Gasteiger partial charge is 0.307 e. The van der Waals surface area contributed by atoms with E-state index in [0.717, 1.165) is 16.2 Å². The van der Waals surface area contributed by atoms with Gasteiger partial charge in [-0.25, -0.2) is 4.98 Å². The number of nitrogens with zero attached hydrogens (tertiary/aromatic N) is 1. The Hall–Kier alpha value is -3.63. The highest BCUT2D eigenvalue weighted by Gasteiger charge is 2.34. The quantitative estimate of drug-likeness (QED) is 0.242. The molecule has 10 heteroatoms. The van der Waals surface area contributed by atoms with Crippen molar-refractivity contribution in [2.24, 2.45) is 11.8 Å². The Bertz CT molecular complexity index is 1320. The van der Waals surface area contributed by atoms with E-state index in [0.29, 0.717) is 29.4 Å². The van der Waals surface area contributed by atoms with Gasteiger partial charge >= 0.3 is 5.97 Å². The molecule has 0 bridgehead atoms. The molecule has 1 aromatic heterocycles. The molecule has 3 atom stereocenters. The first-order valence-electron chi connectivity index (χ1n) is 11.7. The molecule has 3 aromatic rings. The van der Waals surface area contributed by atoms with Gasteiger partial charge in [0.15, 0.2) is 5.13 Å². The molecule has 3 unspecified atom stereocenters. The predicted molar refractivity (Wildman–Crippen MR) is 146 cm³/mol. The lowest BCUT2D eigenvalue weighted by Crippen LogP contribution is -2.34. The van der Waals surface area contributed by atoms with Crippen LogP contribution in [0.1, 0.15) is 19.8 Å². The van der Waals surface area contributed by atoms with Crippen LogP contribution in [0.3, 0.4) is 0 Å². The van der Waals surface area contributed by atoms with E-state index in [1.165, 1.54) is 23.1 Å². The number of amides is 2. The van der Waals surface area contributed by atoms with Crippen molar-refractivity contribution in [1.82, 2.24) is 4.98 Å². The summed E-state index contributed by atoms with van der Waals surface area (Å²) >= 11 is 2.69. The maximum atomic E-state index is 12.8. The number of ether oxygens (including phenoxy) is 1. The summed E-state index contributed by atoms with van der Waals surface area (Å²) in [6, 6.07) is 14.7. The van der Waals surface area contributed by atoms with Gasteiger partial charge in [0.25, 0.3) is 0 Å². The Morgan fingerprint density at radius 2 is 1.84 bits per heavy atom. The van der Waals surface area contributed by atoms with Crippen LogP contribution in [0.4, 0.5) is 10.8 Å². The Morgan fingerprint density at radius 3 is 2.59 bits per heavy atom. The number of hydrogen-bond acceptors (Lipinski definition) is 7. The number of anilines is 2. The topological polar surface area (TPSA) is 118 Å². The zero-order chi connectivity index (χ0) is 26.4. The minimum atomic E-state index is -0.969. The van der Waals surface area contributed by atoms with E-state index < -0.39 is 23.1 Å². The molecule has 192 valence electrons. The zero-order valence-corrected chi connectivity index (χ0v) is 22.0. The number of thiazole rings is 1. The van der Waals surface area contributed by atoms with Gasteiger partial charge in [-0.15, -0.1) is 23.1 Å². The molecule has 0 saturated heterocycles. The summed E-state index contributed by atoms with van der Waals surface area (Å²) in [6.07, 6.45) is 4.38. The maximum absolute atomic E-state index is 12.8. The number of allylic oxidation sites excluding steroid dienone is 2. The van der Waals surface area contributed by atoms with Gasteiger partial charge in [0.2, 0.25) is 11.8 Å². The summed E-state index contributed by atoms with van der Waals surface area (Å²) in [5.74, 6) is -2.13. The maximum Gasteiger partial charge on any atom is 0.307 e. The lowest BCUT2D eigenvalue weighted by molar-refractivity contribution is -0.146. The van der Waals surface area contributed by atoms with E-state index in [2.05, 4.69) is 15.6 Å². The summed E-state index contributed by atoms with van der Waals surface area (Å²) in [5, 5.41) is 17.1. The van der Waals surface area contributed by atoms with Crippen LogP contribution in [0, 0.1) is 11.8 Å². The Balaban J connectivity index is 1.36. The number of aromatic nitrogens is 1. The molecule has 2 amide bonds. The summed E-state index contributed by atoms with van der Waals surface area (Å²) in [7, 11) is 1.60. The van der Waals surface area contributed by atoms with Crippen molar-refractivity contribution in [3.8, 4) is 17.0 Å². The van der Waals surface area contributed by atoms with E-state index in [1.54, 1.807) is 38.3 Å². The number of aliphatic carboxylic acids is 1. The van der Waals surface area contributed by atoms with Crippen molar-refractivity contribution in [2.75, 3.05) is 17.7 Å². The number of carbonyl (C=O) groups is 3. The third-order valence-corrected chi connectivity index (χ3v) is 7.84. The van der Waals surface area contributed by atoms with Crippen molar-refractivity contribution in [3.63, 3.8) is 0 Å². The van der Waals surface area contributed by atoms with E-state index in [1.807, 2.05) is 41.8 Å². The molecule has 1 heterocycles. The molecule has 0 fully saturated rings. The van der Waals surface area contributed by atoms with Crippen LogP contribution in [0.15, 0.2) is 71.0 Å². The number of methoxy groups -OCH3 is 1. The van der Waals surface area contributed by atoms with Gasteiger partial charge in [0.05, 0.1) is 29.9 Å².